The van der Waals surface area contributed by atoms with E-state index in [9.17, 15) is 4.79 Å². The number of benzene rings is 2. The Hall–Kier alpha value is -2.85. The number of aryl methyl sites for hydroxylation is 1. The fraction of sp³-hybridized carbons (Fsp3) is 0.136. The minimum Gasteiger partial charge on any atom is -0.459 e. The van der Waals surface area contributed by atoms with Gasteiger partial charge in [0.05, 0.1) is 0 Å². The number of thiophene rings is 1. The average molecular weight is 361 g/mol. The van der Waals surface area contributed by atoms with E-state index in [4.69, 9.17) is 4.42 Å². The fourth-order valence-electron chi connectivity index (χ4n) is 3.03. The molecule has 26 heavy (non-hydrogen) atoms. The van der Waals surface area contributed by atoms with Crippen molar-refractivity contribution in [2.75, 3.05) is 0 Å². The molecule has 0 saturated heterocycles. The van der Waals surface area contributed by atoms with E-state index in [1.807, 2.05) is 66.0 Å². The second-order valence-electron chi connectivity index (χ2n) is 6.23. The van der Waals surface area contributed by atoms with Crippen LogP contribution in [0.3, 0.4) is 0 Å². The van der Waals surface area contributed by atoms with Crippen LogP contribution in [-0.4, -0.2) is 5.91 Å². The smallest absolute Gasteiger partial charge is 0.221 e. The highest BCUT2D eigenvalue weighted by Gasteiger charge is 2.20. The van der Waals surface area contributed by atoms with Gasteiger partial charge in [0.2, 0.25) is 5.91 Å². The second kappa shape index (κ2) is 7.58. The summed E-state index contributed by atoms with van der Waals surface area (Å²) in [5.41, 5.74) is 3.04. The Morgan fingerprint density at radius 2 is 1.85 bits per heavy atom. The van der Waals surface area contributed by atoms with Gasteiger partial charge in [0.15, 0.2) is 0 Å². The largest absolute Gasteiger partial charge is 0.459 e. The van der Waals surface area contributed by atoms with Crippen molar-refractivity contribution in [2.24, 2.45) is 0 Å². The highest BCUT2D eigenvalue weighted by atomic mass is 32.1. The average Bonchev–Trinajstić information content (AvgIpc) is 3.34. The van der Waals surface area contributed by atoms with Crippen molar-refractivity contribution in [2.45, 2.75) is 18.9 Å². The van der Waals surface area contributed by atoms with Crippen molar-refractivity contribution in [3.05, 3.63) is 94.4 Å². The Morgan fingerprint density at radius 3 is 2.62 bits per heavy atom. The lowest BCUT2D eigenvalue weighted by molar-refractivity contribution is -0.121. The van der Waals surface area contributed by atoms with Crippen LogP contribution in [-0.2, 0) is 11.2 Å². The number of nitrogens with one attached hydrogen (secondary N) is 1. The first-order valence-corrected chi connectivity index (χ1v) is 9.58. The summed E-state index contributed by atoms with van der Waals surface area (Å²) in [4.78, 5) is 12.6. The van der Waals surface area contributed by atoms with Gasteiger partial charge in [0.1, 0.15) is 17.4 Å². The number of hydrogen-bond acceptors (Lipinski definition) is 3. The Balaban J connectivity index is 1.57. The Bertz CT molecular complexity index is 956. The van der Waals surface area contributed by atoms with Gasteiger partial charge in [-0.05, 0) is 46.5 Å². The number of amides is 1. The summed E-state index contributed by atoms with van der Waals surface area (Å²) in [6, 6.07) is 21.6. The van der Waals surface area contributed by atoms with Gasteiger partial charge >= 0.3 is 0 Å². The summed E-state index contributed by atoms with van der Waals surface area (Å²) < 4.78 is 6.02. The summed E-state index contributed by atoms with van der Waals surface area (Å²) >= 11 is 1.65. The predicted molar refractivity (Wildman–Crippen MR) is 105 cm³/mol. The van der Waals surface area contributed by atoms with Gasteiger partial charge in [0, 0.05) is 11.8 Å². The normalized spacial score (nSPS) is 12.2. The number of rotatable bonds is 6. The zero-order valence-corrected chi connectivity index (χ0v) is 15.0. The maximum Gasteiger partial charge on any atom is 0.221 e. The third-order valence-corrected chi connectivity index (χ3v) is 5.12. The topological polar surface area (TPSA) is 42.2 Å². The first-order valence-electron chi connectivity index (χ1n) is 8.63. The summed E-state index contributed by atoms with van der Waals surface area (Å²) in [6.45, 7) is 0. The molecule has 2 aromatic heterocycles. The highest BCUT2D eigenvalue weighted by molar-refractivity contribution is 7.07. The molecule has 1 amide bonds. The van der Waals surface area contributed by atoms with Crippen LogP contribution < -0.4 is 5.32 Å². The first-order chi connectivity index (χ1) is 12.8. The van der Waals surface area contributed by atoms with Gasteiger partial charge in [-0.15, -0.1) is 0 Å². The molecule has 2 aromatic carbocycles. The van der Waals surface area contributed by atoms with E-state index in [0.717, 1.165) is 28.7 Å². The Morgan fingerprint density at radius 1 is 1.04 bits per heavy atom. The van der Waals surface area contributed by atoms with Crippen molar-refractivity contribution >= 4 is 28.2 Å². The van der Waals surface area contributed by atoms with Crippen LogP contribution in [0.15, 0.2) is 81.9 Å². The van der Waals surface area contributed by atoms with Crippen molar-refractivity contribution in [1.82, 2.24) is 5.32 Å². The van der Waals surface area contributed by atoms with Crippen LogP contribution in [0.5, 0.6) is 0 Å². The number of carbonyl (C=O) groups is 1. The molecule has 4 aromatic rings. The maximum absolute atomic E-state index is 12.6. The lowest BCUT2D eigenvalue weighted by Crippen LogP contribution is -2.29. The molecule has 130 valence electrons. The molecule has 0 fully saturated rings. The molecule has 0 aliphatic heterocycles. The third kappa shape index (κ3) is 3.70. The van der Waals surface area contributed by atoms with Crippen LogP contribution in [0.2, 0.25) is 0 Å². The highest BCUT2D eigenvalue weighted by Crippen LogP contribution is 2.28. The van der Waals surface area contributed by atoms with E-state index in [2.05, 4.69) is 16.8 Å². The molecule has 2 heterocycles. The fourth-order valence-corrected chi connectivity index (χ4v) is 3.74. The zero-order valence-electron chi connectivity index (χ0n) is 14.2. The second-order valence-corrected chi connectivity index (χ2v) is 7.01. The molecular formula is C22H19NO2S. The van der Waals surface area contributed by atoms with Crippen LogP contribution in [0.4, 0.5) is 0 Å². The molecule has 0 bridgehead atoms. The van der Waals surface area contributed by atoms with Gasteiger partial charge in [0.25, 0.3) is 0 Å². The summed E-state index contributed by atoms with van der Waals surface area (Å²) in [6.07, 6.45) is 1.21. The third-order valence-electron chi connectivity index (χ3n) is 4.39. The van der Waals surface area contributed by atoms with Crippen molar-refractivity contribution in [3.63, 3.8) is 0 Å². The quantitative estimate of drug-likeness (QED) is 0.504. The van der Waals surface area contributed by atoms with Gasteiger partial charge in [-0.2, -0.15) is 11.3 Å². The van der Waals surface area contributed by atoms with Crippen molar-refractivity contribution < 1.29 is 9.21 Å². The molecule has 0 aliphatic carbocycles. The minimum atomic E-state index is -0.293. The molecule has 4 heteroatoms. The molecule has 0 spiro atoms. The van der Waals surface area contributed by atoms with Crippen molar-refractivity contribution in [3.8, 4) is 0 Å². The predicted octanol–water partition coefficient (Wildman–Crippen LogP) is 5.33. The number of fused-ring (bicyclic) bond motifs is 1. The van der Waals surface area contributed by atoms with Crippen LogP contribution >= 0.6 is 11.3 Å². The SMILES string of the molecule is O=C(CCc1ccsc1)NC(c1ccccc1)c1cc2ccccc2o1. The van der Waals surface area contributed by atoms with Gasteiger partial charge in [-0.3, -0.25) is 4.79 Å². The lowest BCUT2D eigenvalue weighted by atomic mass is 10.0. The molecule has 0 saturated carbocycles. The van der Waals surface area contributed by atoms with Gasteiger partial charge in [-0.1, -0.05) is 48.5 Å². The van der Waals surface area contributed by atoms with E-state index in [1.54, 1.807) is 11.3 Å². The first kappa shape index (κ1) is 16.6. The van der Waals surface area contributed by atoms with Crippen molar-refractivity contribution in [1.29, 1.82) is 0 Å². The minimum absolute atomic E-state index is 0.0190. The number of furan rings is 1. The molecule has 1 N–H and O–H groups in total. The van der Waals surface area contributed by atoms with E-state index >= 15 is 0 Å². The monoisotopic (exact) mass is 361 g/mol. The van der Waals surface area contributed by atoms with Gasteiger partial charge in [-0.25, -0.2) is 0 Å². The Labute approximate surface area is 156 Å². The Kier molecular flexibility index (Phi) is 4.84. The number of para-hydroxylation sites is 1. The zero-order chi connectivity index (χ0) is 17.8. The molecule has 3 nitrogen and oxygen atoms in total. The molecule has 0 aliphatic rings. The van der Waals surface area contributed by atoms with Crippen LogP contribution in [0.1, 0.15) is 29.3 Å². The van der Waals surface area contributed by atoms with E-state index in [1.165, 1.54) is 5.56 Å². The molecule has 1 unspecified atom stereocenters. The summed E-state index contributed by atoms with van der Waals surface area (Å²) in [7, 11) is 0. The molecular weight excluding hydrogens is 342 g/mol. The molecule has 0 radical (unpaired) electrons. The van der Waals surface area contributed by atoms with E-state index in [0.29, 0.717) is 6.42 Å². The summed E-state index contributed by atoms with van der Waals surface area (Å²) in [5, 5.41) is 8.30. The van der Waals surface area contributed by atoms with Crippen LogP contribution in [0.25, 0.3) is 11.0 Å². The van der Waals surface area contributed by atoms with Crippen LogP contribution in [0, 0.1) is 0 Å². The van der Waals surface area contributed by atoms with E-state index in [-0.39, 0.29) is 11.9 Å². The number of hydrogen-bond donors (Lipinski definition) is 1. The molecule has 1 atom stereocenters. The molecule has 4 rings (SSSR count). The number of carbonyl (C=O) groups excluding carboxylic acids is 1. The summed E-state index contributed by atoms with van der Waals surface area (Å²) in [5.74, 6) is 0.770. The lowest BCUT2D eigenvalue weighted by Gasteiger charge is -2.17. The maximum atomic E-state index is 12.6. The van der Waals surface area contributed by atoms with Gasteiger partial charge < -0.3 is 9.73 Å². The van der Waals surface area contributed by atoms with E-state index < -0.39 is 0 Å². The standard InChI is InChI=1S/C22H19NO2S/c24-21(11-10-16-12-13-26-15-16)23-22(17-6-2-1-3-7-17)20-14-18-8-4-5-9-19(18)25-20/h1-9,12-15,22H,10-11H2,(H,23,24).